The van der Waals surface area contributed by atoms with Gasteiger partial charge >= 0.3 is 5.97 Å². The summed E-state index contributed by atoms with van der Waals surface area (Å²) in [5.74, 6) is -0.549. The van der Waals surface area contributed by atoms with E-state index in [4.69, 9.17) is 4.74 Å². The third-order valence-corrected chi connectivity index (χ3v) is 8.48. The van der Waals surface area contributed by atoms with E-state index in [-0.39, 0.29) is 45.9 Å². The summed E-state index contributed by atoms with van der Waals surface area (Å²) in [6.07, 6.45) is 6.70. The molecule has 0 heterocycles. The van der Waals surface area contributed by atoms with E-state index in [0.717, 1.165) is 6.42 Å². The Bertz CT molecular complexity index is 1110. The molecule has 5 nitrogen and oxygen atoms in total. The maximum atomic E-state index is 13.7. The number of ketones is 1. The first kappa shape index (κ1) is 40.3. The molecule has 244 valence electrons. The summed E-state index contributed by atoms with van der Waals surface area (Å²) in [4.78, 5) is 40.0. The van der Waals surface area contributed by atoms with Gasteiger partial charge in [0.05, 0.1) is 5.92 Å². The first-order valence-electron chi connectivity index (χ1n) is 16.0. The van der Waals surface area contributed by atoms with Gasteiger partial charge < -0.3 is 10.1 Å². The number of Topliss-reactive ketones (excluding diaryl/α,β-unsaturated/α-hetero) is 1. The van der Waals surface area contributed by atoms with Crippen molar-refractivity contribution in [1.82, 2.24) is 5.32 Å². The van der Waals surface area contributed by atoms with E-state index in [1.54, 1.807) is 36.4 Å². The second-order valence-corrected chi connectivity index (χ2v) is 15.2. The van der Waals surface area contributed by atoms with Crippen LogP contribution >= 0.6 is 0 Å². The van der Waals surface area contributed by atoms with E-state index in [2.05, 4.69) is 74.6 Å². The SMILES string of the molecule is C/C=C\C(=C/C)C(=O)c1ccc(OC(=O)C(CC(C)(C)C(C)(C)C(CC(C)(C)C)C(=O)NC(C)C)C(C)(C)C)cc1.CC. The summed E-state index contributed by atoms with van der Waals surface area (Å²) < 4.78 is 5.91. The first-order valence-corrected chi connectivity index (χ1v) is 16.0. The van der Waals surface area contributed by atoms with Crippen molar-refractivity contribution in [3.63, 3.8) is 0 Å². The Hall–Kier alpha value is -2.69. The predicted octanol–water partition coefficient (Wildman–Crippen LogP) is 10.0. The van der Waals surface area contributed by atoms with Crippen LogP contribution in [0, 0.1) is 33.5 Å². The molecule has 0 bridgehead atoms. The molecule has 1 N–H and O–H groups in total. The summed E-state index contributed by atoms with van der Waals surface area (Å²) in [7, 11) is 0. The molecule has 0 aliphatic heterocycles. The molecule has 5 heteroatoms. The Balaban J connectivity index is 0.00000862. The minimum Gasteiger partial charge on any atom is -0.426 e. The Morgan fingerprint density at radius 2 is 1.33 bits per heavy atom. The smallest absolute Gasteiger partial charge is 0.314 e. The summed E-state index contributed by atoms with van der Waals surface area (Å²) in [5, 5.41) is 3.15. The van der Waals surface area contributed by atoms with Crippen molar-refractivity contribution in [2.75, 3.05) is 0 Å². The van der Waals surface area contributed by atoms with Crippen molar-refractivity contribution in [3.8, 4) is 5.75 Å². The van der Waals surface area contributed by atoms with Gasteiger partial charge in [-0.1, -0.05) is 101 Å². The van der Waals surface area contributed by atoms with Gasteiger partial charge in [0, 0.05) is 23.1 Å². The van der Waals surface area contributed by atoms with E-state index < -0.39 is 11.3 Å². The maximum absolute atomic E-state index is 13.7. The van der Waals surface area contributed by atoms with Crippen molar-refractivity contribution < 1.29 is 19.1 Å². The van der Waals surface area contributed by atoms with Crippen LogP contribution in [0.25, 0.3) is 0 Å². The average molecular weight is 598 g/mol. The molecule has 43 heavy (non-hydrogen) atoms. The van der Waals surface area contributed by atoms with Crippen molar-refractivity contribution in [2.45, 2.75) is 130 Å². The Kier molecular flexibility index (Phi) is 15.4. The van der Waals surface area contributed by atoms with Crippen LogP contribution in [0.4, 0.5) is 0 Å². The maximum Gasteiger partial charge on any atom is 0.314 e. The molecule has 0 aromatic heterocycles. The number of benzene rings is 1. The Labute approximate surface area is 264 Å². The average Bonchev–Trinajstić information content (AvgIpc) is 2.88. The lowest BCUT2D eigenvalue weighted by Gasteiger charge is -2.50. The van der Waals surface area contributed by atoms with Gasteiger partial charge in [0.15, 0.2) is 5.78 Å². The van der Waals surface area contributed by atoms with Crippen molar-refractivity contribution in [1.29, 1.82) is 0 Å². The van der Waals surface area contributed by atoms with Crippen LogP contribution in [0.1, 0.15) is 134 Å². The molecule has 2 unspecified atom stereocenters. The van der Waals surface area contributed by atoms with Crippen LogP contribution in [0.5, 0.6) is 5.75 Å². The lowest BCUT2D eigenvalue weighted by Crippen LogP contribution is -2.50. The minimum absolute atomic E-state index is 0.0389. The van der Waals surface area contributed by atoms with Gasteiger partial charge in [0.25, 0.3) is 0 Å². The van der Waals surface area contributed by atoms with E-state index in [9.17, 15) is 14.4 Å². The minimum atomic E-state index is -0.414. The summed E-state index contributed by atoms with van der Waals surface area (Å²) >= 11 is 0. The summed E-state index contributed by atoms with van der Waals surface area (Å²) in [5.41, 5.74) is -0.0452. The number of hydrogen-bond acceptors (Lipinski definition) is 4. The number of esters is 1. The highest BCUT2D eigenvalue weighted by Crippen LogP contribution is 2.53. The molecule has 1 aromatic rings. The van der Waals surface area contributed by atoms with Gasteiger partial charge in [-0.3, -0.25) is 14.4 Å². The zero-order valence-corrected chi connectivity index (χ0v) is 30.3. The number of allylic oxidation sites excluding steroid dienone is 4. The van der Waals surface area contributed by atoms with Crippen LogP contribution in [-0.4, -0.2) is 23.7 Å². The molecule has 1 amide bonds. The molecule has 2 atom stereocenters. The molecule has 0 saturated carbocycles. The molecular formula is C38H63NO4. The number of carbonyl (C=O) groups is 3. The molecule has 1 rings (SSSR count). The number of rotatable bonds is 12. The summed E-state index contributed by atoms with van der Waals surface area (Å²) in [6.45, 7) is 33.0. The molecular weight excluding hydrogens is 534 g/mol. The molecule has 0 saturated heterocycles. The highest BCUT2D eigenvalue weighted by atomic mass is 16.5. The van der Waals surface area contributed by atoms with Crippen LogP contribution < -0.4 is 10.1 Å². The van der Waals surface area contributed by atoms with Gasteiger partial charge in [-0.15, -0.1) is 0 Å². The number of amides is 1. The standard InChI is InChI=1S/C36H57NO4.C2H6/c1-15-17-25(16-2)30(38)26-18-20-27(21-19-26)41-32(40)29(34(8,9)10)23-35(11,12)36(13,14)28(22-33(5,6)7)31(39)37-24(3)4;1-2/h15-21,24,28-29H,22-23H2,1-14H3,(H,37,39);1-2H3/b17-15-,25-16+;. The van der Waals surface area contributed by atoms with Crippen LogP contribution in [0.3, 0.4) is 0 Å². The molecule has 0 aliphatic carbocycles. The van der Waals surface area contributed by atoms with Crippen molar-refractivity contribution >= 4 is 17.7 Å². The third kappa shape index (κ3) is 12.1. The van der Waals surface area contributed by atoms with Gasteiger partial charge in [-0.2, -0.15) is 0 Å². The highest BCUT2D eigenvalue weighted by Gasteiger charge is 2.50. The normalized spacial score (nSPS) is 14.6. The quantitative estimate of drug-likeness (QED) is 0.0855. The first-order chi connectivity index (χ1) is 19.6. The zero-order chi connectivity index (χ0) is 34.0. The van der Waals surface area contributed by atoms with Crippen LogP contribution in [0.15, 0.2) is 48.1 Å². The molecule has 0 radical (unpaired) electrons. The molecule has 1 aromatic carbocycles. The largest absolute Gasteiger partial charge is 0.426 e. The lowest BCUT2D eigenvalue weighted by molar-refractivity contribution is -0.147. The molecule has 0 aliphatic rings. The number of carbonyl (C=O) groups excluding carboxylic acids is 3. The number of hydrogen-bond donors (Lipinski definition) is 1. The van der Waals surface area contributed by atoms with E-state index in [1.165, 1.54) is 0 Å². The third-order valence-electron chi connectivity index (χ3n) is 8.48. The predicted molar refractivity (Wildman–Crippen MR) is 182 cm³/mol. The van der Waals surface area contributed by atoms with E-state index >= 15 is 0 Å². The van der Waals surface area contributed by atoms with Crippen molar-refractivity contribution in [3.05, 3.63) is 53.6 Å². The summed E-state index contributed by atoms with van der Waals surface area (Å²) in [6, 6.07) is 6.80. The van der Waals surface area contributed by atoms with Gasteiger partial charge in [0.2, 0.25) is 5.91 Å². The zero-order valence-electron chi connectivity index (χ0n) is 30.3. The fourth-order valence-electron chi connectivity index (χ4n) is 5.17. The molecule has 0 fully saturated rings. The van der Waals surface area contributed by atoms with E-state index in [1.807, 2.05) is 47.6 Å². The van der Waals surface area contributed by atoms with Crippen LogP contribution in [0.2, 0.25) is 0 Å². The lowest BCUT2D eigenvalue weighted by atomic mass is 9.54. The van der Waals surface area contributed by atoms with Gasteiger partial charge in [-0.05, 0) is 86.5 Å². The molecule has 0 spiro atoms. The highest BCUT2D eigenvalue weighted by molar-refractivity contribution is 6.10. The van der Waals surface area contributed by atoms with E-state index in [0.29, 0.717) is 23.3 Å². The topological polar surface area (TPSA) is 72.5 Å². The monoisotopic (exact) mass is 597 g/mol. The Morgan fingerprint density at radius 1 is 0.814 bits per heavy atom. The van der Waals surface area contributed by atoms with Crippen molar-refractivity contribution in [2.24, 2.45) is 33.5 Å². The van der Waals surface area contributed by atoms with Gasteiger partial charge in [0.1, 0.15) is 5.75 Å². The second-order valence-electron chi connectivity index (χ2n) is 15.2. The number of nitrogens with one attached hydrogen (secondary N) is 1. The Morgan fingerprint density at radius 3 is 1.72 bits per heavy atom. The second kappa shape index (κ2) is 16.4. The fourth-order valence-corrected chi connectivity index (χ4v) is 5.17. The van der Waals surface area contributed by atoms with Crippen LogP contribution in [-0.2, 0) is 9.59 Å². The van der Waals surface area contributed by atoms with Gasteiger partial charge in [-0.25, -0.2) is 0 Å². The fraction of sp³-hybridized carbons (Fsp3) is 0.658. The number of ether oxygens (including phenoxy) is 1.